The van der Waals surface area contributed by atoms with Gasteiger partial charge in [-0.3, -0.25) is 14.4 Å². The van der Waals surface area contributed by atoms with E-state index in [1.165, 1.54) is 0 Å². The van der Waals surface area contributed by atoms with Gasteiger partial charge in [0.2, 0.25) is 0 Å². The molecule has 2 aromatic heterocycles. The van der Waals surface area contributed by atoms with Crippen molar-refractivity contribution in [2.75, 3.05) is 13.2 Å². The predicted molar refractivity (Wildman–Crippen MR) is 133 cm³/mol. The lowest BCUT2D eigenvalue weighted by atomic mass is 10.0. The number of nitrogens with one attached hydrogen (secondary N) is 1. The molecule has 2 N–H and O–H groups in total. The van der Waals surface area contributed by atoms with Gasteiger partial charge in [0.1, 0.15) is 0 Å². The third-order valence-corrected chi connectivity index (χ3v) is 6.45. The number of hydrogen-bond acceptors (Lipinski definition) is 5. The molecule has 5 rings (SSSR count). The van der Waals surface area contributed by atoms with Gasteiger partial charge in [-0.1, -0.05) is 48.5 Å². The van der Waals surface area contributed by atoms with Crippen LogP contribution in [0.5, 0.6) is 0 Å². The van der Waals surface area contributed by atoms with Crippen molar-refractivity contribution in [3.05, 3.63) is 101 Å². The summed E-state index contributed by atoms with van der Waals surface area (Å²) in [7, 11) is 0. The van der Waals surface area contributed by atoms with Crippen LogP contribution in [0.3, 0.4) is 0 Å². The van der Waals surface area contributed by atoms with Crippen LogP contribution in [0.2, 0.25) is 0 Å². The first-order valence-electron chi connectivity index (χ1n) is 12.0. The number of amides is 1. The van der Waals surface area contributed by atoms with E-state index in [9.17, 15) is 9.90 Å². The summed E-state index contributed by atoms with van der Waals surface area (Å²) >= 11 is 0. The summed E-state index contributed by atoms with van der Waals surface area (Å²) < 4.78 is 3.68. The van der Waals surface area contributed by atoms with Crippen LogP contribution in [0.1, 0.15) is 45.8 Å². The van der Waals surface area contributed by atoms with E-state index >= 15 is 0 Å². The molecule has 1 unspecified atom stereocenters. The molecule has 0 spiro atoms. The predicted octanol–water partition coefficient (Wildman–Crippen LogP) is 3.11. The van der Waals surface area contributed by atoms with E-state index in [0.29, 0.717) is 18.8 Å². The normalized spacial score (nSPS) is 14.5. The zero-order valence-corrected chi connectivity index (χ0v) is 19.8. The third-order valence-electron chi connectivity index (χ3n) is 6.45. The van der Waals surface area contributed by atoms with Crippen molar-refractivity contribution < 1.29 is 9.90 Å². The molecule has 8 heteroatoms. The van der Waals surface area contributed by atoms with Crippen LogP contribution in [0.25, 0.3) is 5.69 Å². The SMILES string of the molecule is CC(NC(=O)c1nn(CCO)c2c1CN(Cc1cnn(-c3ccccc3)c1)CC2)c1ccccc1. The number of aliphatic hydroxyl groups is 1. The van der Waals surface area contributed by atoms with Gasteiger partial charge in [-0.25, -0.2) is 4.68 Å². The summed E-state index contributed by atoms with van der Waals surface area (Å²) in [5.74, 6) is -0.187. The van der Waals surface area contributed by atoms with E-state index in [0.717, 1.165) is 47.6 Å². The Hall–Kier alpha value is -3.75. The van der Waals surface area contributed by atoms with Crippen molar-refractivity contribution in [3.8, 4) is 5.69 Å². The number of rotatable bonds is 8. The van der Waals surface area contributed by atoms with E-state index < -0.39 is 0 Å². The van der Waals surface area contributed by atoms with Crippen LogP contribution < -0.4 is 5.32 Å². The van der Waals surface area contributed by atoms with Crippen molar-refractivity contribution in [1.29, 1.82) is 0 Å². The summed E-state index contributed by atoms with van der Waals surface area (Å²) in [5.41, 5.74) is 5.60. The third kappa shape index (κ3) is 5.03. The monoisotopic (exact) mass is 470 g/mol. The maximum atomic E-state index is 13.3. The van der Waals surface area contributed by atoms with Crippen molar-refractivity contribution >= 4 is 5.91 Å². The maximum Gasteiger partial charge on any atom is 0.272 e. The van der Waals surface area contributed by atoms with Gasteiger partial charge in [0.25, 0.3) is 5.91 Å². The zero-order chi connectivity index (χ0) is 24.2. The molecule has 0 saturated carbocycles. The molecule has 0 saturated heterocycles. The van der Waals surface area contributed by atoms with E-state index in [1.807, 2.05) is 78.5 Å². The molecule has 0 fully saturated rings. The highest BCUT2D eigenvalue weighted by atomic mass is 16.3. The van der Waals surface area contributed by atoms with Gasteiger partial charge in [0.05, 0.1) is 31.1 Å². The second-order valence-electron chi connectivity index (χ2n) is 8.92. The molecule has 1 amide bonds. The highest BCUT2D eigenvalue weighted by Crippen LogP contribution is 2.25. The van der Waals surface area contributed by atoms with Crippen LogP contribution in [0, 0.1) is 0 Å². The molecule has 0 aliphatic carbocycles. The molecule has 2 aromatic carbocycles. The lowest BCUT2D eigenvalue weighted by Gasteiger charge is -2.27. The number of aliphatic hydroxyl groups excluding tert-OH is 1. The second kappa shape index (κ2) is 10.2. The highest BCUT2D eigenvalue weighted by Gasteiger charge is 2.29. The Balaban J connectivity index is 1.33. The number of para-hydroxylation sites is 1. The Kier molecular flexibility index (Phi) is 6.74. The summed E-state index contributed by atoms with van der Waals surface area (Å²) in [4.78, 5) is 15.6. The molecule has 1 aliphatic heterocycles. The Labute approximate surface area is 204 Å². The lowest BCUT2D eigenvalue weighted by molar-refractivity contribution is 0.0931. The topological polar surface area (TPSA) is 88.2 Å². The summed E-state index contributed by atoms with van der Waals surface area (Å²) in [6.07, 6.45) is 4.72. The number of benzene rings is 2. The van der Waals surface area contributed by atoms with Crippen molar-refractivity contribution in [3.63, 3.8) is 0 Å². The molecule has 1 aliphatic rings. The largest absolute Gasteiger partial charge is 0.394 e. The first kappa shape index (κ1) is 23.0. The molecule has 180 valence electrons. The first-order valence-corrected chi connectivity index (χ1v) is 12.0. The Morgan fingerprint density at radius 2 is 1.86 bits per heavy atom. The zero-order valence-electron chi connectivity index (χ0n) is 19.8. The molecule has 4 aromatic rings. The number of carbonyl (C=O) groups is 1. The quantitative estimate of drug-likeness (QED) is 0.413. The van der Waals surface area contributed by atoms with Crippen LogP contribution in [0.4, 0.5) is 0 Å². The van der Waals surface area contributed by atoms with Crippen molar-refractivity contribution in [2.45, 2.75) is 39.0 Å². The first-order chi connectivity index (χ1) is 17.1. The van der Waals surface area contributed by atoms with E-state index in [1.54, 1.807) is 4.68 Å². The smallest absolute Gasteiger partial charge is 0.272 e. The van der Waals surface area contributed by atoms with Crippen LogP contribution >= 0.6 is 0 Å². The number of nitrogens with zero attached hydrogens (tertiary/aromatic N) is 5. The second-order valence-corrected chi connectivity index (χ2v) is 8.92. The van der Waals surface area contributed by atoms with Crippen molar-refractivity contribution in [1.82, 2.24) is 29.8 Å². The molecular formula is C27H30N6O2. The van der Waals surface area contributed by atoms with Gasteiger partial charge in [0.15, 0.2) is 5.69 Å². The Bertz CT molecular complexity index is 1280. The van der Waals surface area contributed by atoms with Crippen LogP contribution in [-0.4, -0.2) is 48.6 Å². The number of aromatic nitrogens is 4. The summed E-state index contributed by atoms with van der Waals surface area (Å²) in [6, 6.07) is 19.8. The summed E-state index contributed by atoms with van der Waals surface area (Å²) in [6.45, 7) is 4.55. The van der Waals surface area contributed by atoms with E-state index in [2.05, 4.69) is 26.6 Å². The fraction of sp³-hybridized carbons (Fsp3) is 0.296. The fourth-order valence-electron chi connectivity index (χ4n) is 4.66. The molecular weight excluding hydrogens is 440 g/mol. The fourth-order valence-corrected chi connectivity index (χ4v) is 4.66. The van der Waals surface area contributed by atoms with Gasteiger partial charge in [0, 0.05) is 49.1 Å². The minimum Gasteiger partial charge on any atom is -0.394 e. The maximum absolute atomic E-state index is 13.3. The van der Waals surface area contributed by atoms with Crippen molar-refractivity contribution in [2.24, 2.45) is 0 Å². The molecule has 35 heavy (non-hydrogen) atoms. The lowest BCUT2D eigenvalue weighted by Crippen LogP contribution is -2.33. The molecule has 0 radical (unpaired) electrons. The van der Waals surface area contributed by atoms with Crippen LogP contribution in [-0.2, 0) is 26.1 Å². The summed E-state index contributed by atoms with van der Waals surface area (Å²) in [5, 5.41) is 21.7. The Morgan fingerprint density at radius 3 is 2.60 bits per heavy atom. The average molecular weight is 471 g/mol. The molecule has 0 bridgehead atoms. The van der Waals surface area contributed by atoms with Gasteiger partial charge in [-0.05, 0) is 24.6 Å². The van der Waals surface area contributed by atoms with E-state index in [-0.39, 0.29) is 18.6 Å². The average Bonchev–Trinajstić information content (AvgIpc) is 3.50. The Morgan fingerprint density at radius 1 is 1.11 bits per heavy atom. The van der Waals surface area contributed by atoms with Gasteiger partial charge >= 0.3 is 0 Å². The minimum atomic E-state index is -0.187. The number of carbonyl (C=O) groups excluding carboxylic acids is 1. The van der Waals surface area contributed by atoms with Gasteiger partial charge in [-0.15, -0.1) is 0 Å². The molecule has 8 nitrogen and oxygen atoms in total. The van der Waals surface area contributed by atoms with Gasteiger partial charge < -0.3 is 10.4 Å². The minimum absolute atomic E-state index is 0.0159. The van der Waals surface area contributed by atoms with Crippen LogP contribution in [0.15, 0.2) is 73.1 Å². The van der Waals surface area contributed by atoms with Gasteiger partial charge in [-0.2, -0.15) is 10.2 Å². The highest BCUT2D eigenvalue weighted by molar-refractivity contribution is 5.94. The van der Waals surface area contributed by atoms with E-state index in [4.69, 9.17) is 0 Å². The molecule has 3 heterocycles. The number of hydrogen-bond donors (Lipinski definition) is 2. The molecule has 1 atom stereocenters. The standard InChI is InChI=1S/C27H30N6O2/c1-20(22-8-4-2-5-9-22)29-27(35)26-24-19-31(13-12-25(24)32(30-26)14-15-34)17-21-16-28-33(18-21)23-10-6-3-7-11-23/h2-11,16,18,20,34H,12-15,17,19H2,1H3,(H,29,35). The number of fused-ring (bicyclic) bond motifs is 1.